The van der Waals surface area contributed by atoms with E-state index in [0.717, 1.165) is 28.6 Å². The molecule has 16 heavy (non-hydrogen) atoms. The Hall–Kier alpha value is -1.35. The van der Waals surface area contributed by atoms with Gasteiger partial charge in [-0.1, -0.05) is 23.7 Å². The van der Waals surface area contributed by atoms with Gasteiger partial charge in [-0.05, 0) is 31.5 Å². The number of pyridine rings is 1. The van der Waals surface area contributed by atoms with Crippen molar-refractivity contribution in [3.8, 4) is 0 Å². The maximum Gasteiger partial charge on any atom is 0.113 e. The van der Waals surface area contributed by atoms with Crippen LogP contribution in [0, 0.1) is 0 Å². The van der Waals surface area contributed by atoms with Crippen LogP contribution in [0.25, 0.3) is 10.9 Å². The summed E-state index contributed by atoms with van der Waals surface area (Å²) in [6.07, 6.45) is 2.42. The minimum atomic E-state index is 0.422. The molecule has 2 heterocycles. The topological polar surface area (TPSA) is 24.9 Å². The molecule has 0 aliphatic carbocycles. The minimum Gasteiger partial charge on any atom is -0.309 e. The van der Waals surface area contributed by atoms with Gasteiger partial charge in [0.25, 0.3) is 0 Å². The number of nitrogens with zero attached hydrogens (tertiary/aromatic N) is 1. The van der Waals surface area contributed by atoms with Gasteiger partial charge in [0.1, 0.15) is 7.85 Å². The third-order valence-corrected chi connectivity index (χ3v) is 3.16. The Balaban J connectivity index is 2.07. The lowest BCUT2D eigenvalue weighted by atomic mass is 9.95. The molecule has 0 amide bonds. The number of fused-ring (bicyclic) bond motifs is 1. The van der Waals surface area contributed by atoms with E-state index < -0.39 is 0 Å². The van der Waals surface area contributed by atoms with Gasteiger partial charge in [-0.2, -0.15) is 0 Å². The molecular weight excluding hydrogens is 195 g/mol. The molecule has 0 saturated carbocycles. The second-order valence-electron chi connectivity index (χ2n) is 4.34. The van der Waals surface area contributed by atoms with Crippen molar-refractivity contribution in [2.45, 2.75) is 18.9 Å². The smallest absolute Gasteiger partial charge is 0.113 e. The molecule has 2 radical (unpaired) electrons. The summed E-state index contributed by atoms with van der Waals surface area (Å²) >= 11 is 0. The molecule has 3 heteroatoms. The Morgan fingerprint density at radius 1 is 1.25 bits per heavy atom. The van der Waals surface area contributed by atoms with E-state index in [1.165, 1.54) is 12.8 Å². The first-order valence-corrected chi connectivity index (χ1v) is 5.72. The molecule has 3 rings (SSSR count). The molecule has 1 aromatic carbocycles. The van der Waals surface area contributed by atoms with Crippen LogP contribution in [0.5, 0.6) is 0 Å². The Bertz CT molecular complexity index is 518. The summed E-state index contributed by atoms with van der Waals surface area (Å²) in [7, 11) is 5.77. The van der Waals surface area contributed by atoms with E-state index in [-0.39, 0.29) is 0 Å². The quantitative estimate of drug-likeness (QED) is 0.717. The van der Waals surface area contributed by atoms with Gasteiger partial charge in [0.2, 0.25) is 0 Å². The highest BCUT2D eigenvalue weighted by molar-refractivity contribution is 6.33. The van der Waals surface area contributed by atoms with Gasteiger partial charge in [-0.3, -0.25) is 4.98 Å². The molecule has 1 aliphatic heterocycles. The van der Waals surface area contributed by atoms with E-state index in [9.17, 15) is 0 Å². The molecule has 1 aromatic heterocycles. The van der Waals surface area contributed by atoms with Crippen molar-refractivity contribution in [2.24, 2.45) is 0 Å². The fraction of sp³-hybridized carbons (Fsp3) is 0.308. The maximum atomic E-state index is 5.77. The second kappa shape index (κ2) is 3.91. The van der Waals surface area contributed by atoms with Crippen LogP contribution in [-0.2, 0) is 0 Å². The summed E-state index contributed by atoms with van der Waals surface area (Å²) in [5.41, 5.74) is 2.90. The lowest BCUT2D eigenvalue weighted by Crippen LogP contribution is -2.14. The predicted molar refractivity (Wildman–Crippen MR) is 67.1 cm³/mol. The average Bonchev–Trinajstić information content (AvgIpc) is 2.81. The van der Waals surface area contributed by atoms with E-state index in [1.807, 2.05) is 18.2 Å². The fourth-order valence-corrected chi connectivity index (χ4v) is 2.28. The number of rotatable bonds is 1. The van der Waals surface area contributed by atoms with Crippen LogP contribution in [0.3, 0.4) is 0 Å². The fourth-order valence-electron chi connectivity index (χ4n) is 2.28. The molecule has 1 unspecified atom stereocenters. The molecule has 2 nitrogen and oxygen atoms in total. The van der Waals surface area contributed by atoms with Crippen LogP contribution in [0.4, 0.5) is 0 Å². The zero-order valence-corrected chi connectivity index (χ0v) is 9.11. The van der Waals surface area contributed by atoms with Crippen molar-refractivity contribution >= 4 is 24.2 Å². The first-order chi connectivity index (χ1) is 7.83. The molecule has 0 spiro atoms. The lowest BCUT2D eigenvalue weighted by Gasteiger charge is -2.10. The molecule has 1 fully saturated rings. The Kier molecular flexibility index (Phi) is 2.41. The van der Waals surface area contributed by atoms with Crippen molar-refractivity contribution in [1.29, 1.82) is 0 Å². The number of hydrogen-bond acceptors (Lipinski definition) is 2. The Morgan fingerprint density at radius 3 is 2.94 bits per heavy atom. The van der Waals surface area contributed by atoms with Gasteiger partial charge >= 0.3 is 0 Å². The highest BCUT2D eigenvalue weighted by Crippen LogP contribution is 2.23. The van der Waals surface area contributed by atoms with Gasteiger partial charge in [0.05, 0.1) is 11.2 Å². The second-order valence-corrected chi connectivity index (χ2v) is 4.34. The van der Waals surface area contributed by atoms with Crippen molar-refractivity contribution in [3.63, 3.8) is 0 Å². The summed E-state index contributed by atoms with van der Waals surface area (Å²) in [6.45, 7) is 1.10. The molecule has 1 saturated heterocycles. The number of hydrogen-bond donors (Lipinski definition) is 1. The van der Waals surface area contributed by atoms with E-state index in [0.29, 0.717) is 6.04 Å². The van der Waals surface area contributed by atoms with Gasteiger partial charge < -0.3 is 5.32 Å². The molecule has 78 valence electrons. The SMILES string of the molecule is [B]c1ccc2ccc(C3CCCN3)nc2c1. The molecule has 2 aromatic rings. The summed E-state index contributed by atoms with van der Waals surface area (Å²) in [6, 6.07) is 10.5. The van der Waals surface area contributed by atoms with E-state index in [1.54, 1.807) is 0 Å². The summed E-state index contributed by atoms with van der Waals surface area (Å²) in [5, 5.41) is 4.61. The largest absolute Gasteiger partial charge is 0.309 e. The van der Waals surface area contributed by atoms with Gasteiger partial charge in [-0.15, -0.1) is 0 Å². The third-order valence-electron chi connectivity index (χ3n) is 3.16. The van der Waals surface area contributed by atoms with E-state index in [2.05, 4.69) is 22.4 Å². The Labute approximate surface area is 96.5 Å². The zero-order chi connectivity index (χ0) is 11.0. The molecule has 1 atom stereocenters. The monoisotopic (exact) mass is 208 g/mol. The standard InChI is InChI=1S/C13H13BN2/c14-10-5-3-9-4-6-12(16-13(9)8-10)11-2-1-7-15-11/h3-6,8,11,15H,1-2,7H2. The third kappa shape index (κ3) is 1.72. The van der Waals surface area contributed by atoms with E-state index >= 15 is 0 Å². The van der Waals surface area contributed by atoms with Crippen LogP contribution in [-0.4, -0.2) is 19.4 Å². The summed E-state index contributed by atoms with van der Waals surface area (Å²) in [4.78, 5) is 4.68. The molecule has 0 bridgehead atoms. The van der Waals surface area contributed by atoms with E-state index in [4.69, 9.17) is 7.85 Å². The van der Waals surface area contributed by atoms with Crippen molar-refractivity contribution < 1.29 is 0 Å². The summed E-state index contributed by atoms with van der Waals surface area (Å²) in [5.74, 6) is 0. The normalized spacial score (nSPS) is 20.4. The lowest BCUT2D eigenvalue weighted by molar-refractivity contribution is 0.630. The predicted octanol–water partition coefficient (Wildman–Crippen LogP) is 1.45. The van der Waals surface area contributed by atoms with Crippen LogP contribution < -0.4 is 10.8 Å². The van der Waals surface area contributed by atoms with Crippen LogP contribution >= 0.6 is 0 Å². The van der Waals surface area contributed by atoms with Crippen molar-refractivity contribution in [2.75, 3.05) is 6.54 Å². The highest BCUT2D eigenvalue weighted by Gasteiger charge is 2.17. The number of aromatic nitrogens is 1. The first-order valence-electron chi connectivity index (χ1n) is 5.72. The van der Waals surface area contributed by atoms with Crippen LogP contribution in [0.15, 0.2) is 30.3 Å². The van der Waals surface area contributed by atoms with Crippen molar-refractivity contribution in [1.82, 2.24) is 10.3 Å². The minimum absolute atomic E-state index is 0.422. The molecular formula is C13H13BN2. The zero-order valence-electron chi connectivity index (χ0n) is 9.11. The number of benzene rings is 1. The Morgan fingerprint density at radius 2 is 2.12 bits per heavy atom. The highest BCUT2D eigenvalue weighted by atomic mass is 15.0. The maximum absolute atomic E-state index is 5.77. The van der Waals surface area contributed by atoms with Crippen molar-refractivity contribution in [3.05, 3.63) is 36.0 Å². The van der Waals surface area contributed by atoms with Crippen LogP contribution in [0.2, 0.25) is 0 Å². The van der Waals surface area contributed by atoms with Gasteiger partial charge in [0.15, 0.2) is 0 Å². The van der Waals surface area contributed by atoms with Crippen LogP contribution in [0.1, 0.15) is 24.6 Å². The summed E-state index contributed by atoms with van der Waals surface area (Å²) < 4.78 is 0. The number of nitrogens with one attached hydrogen (secondary N) is 1. The molecule has 1 aliphatic rings. The first kappa shape index (κ1) is 9.85. The van der Waals surface area contributed by atoms with Gasteiger partial charge in [-0.25, -0.2) is 0 Å². The van der Waals surface area contributed by atoms with Gasteiger partial charge in [0, 0.05) is 11.4 Å². The average molecular weight is 208 g/mol. The molecule has 1 N–H and O–H groups in total.